The van der Waals surface area contributed by atoms with Crippen LogP contribution in [0.5, 0.6) is 0 Å². The molecule has 0 bridgehead atoms. The summed E-state index contributed by atoms with van der Waals surface area (Å²) >= 11 is 5.60. The summed E-state index contributed by atoms with van der Waals surface area (Å²) in [6.45, 7) is 0. The molecule has 8 nitrogen and oxygen atoms in total. The molecule has 1 atom stereocenters. The lowest BCUT2D eigenvalue weighted by molar-refractivity contribution is -0.386. The number of carboxylic acid groups (broad SMARTS) is 1. The second kappa shape index (κ2) is 6.09. The molecular weight excluding hydrogens is 359 g/mol. The normalized spacial score (nSPS) is 12.9. The largest absolute Gasteiger partial charge is 0.477 e. The van der Waals surface area contributed by atoms with E-state index in [0.717, 1.165) is 18.2 Å². The molecule has 1 aromatic heterocycles. The first kappa shape index (κ1) is 17.7. The second-order valence-electron chi connectivity index (χ2n) is 4.53. The molecule has 24 heavy (non-hydrogen) atoms. The van der Waals surface area contributed by atoms with Crippen molar-refractivity contribution in [3.8, 4) is 0 Å². The molecule has 12 heteroatoms. The third-order valence-electron chi connectivity index (χ3n) is 3.04. The molecular formula is C12H7ClF3N3O5. The molecule has 0 saturated carbocycles. The lowest BCUT2D eigenvalue weighted by Gasteiger charge is -2.14. The van der Waals surface area contributed by atoms with Crippen molar-refractivity contribution >= 4 is 23.3 Å². The van der Waals surface area contributed by atoms with Gasteiger partial charge in [-0.2, -0.15) is 18.3 Å². The van der Waals surface area contributed by atoms with Crippen molar-refractivity contribution in [1.82, 2.24) is 10.2 Å². The van der Waals surface area contributed by atoms with E-state index in [1.807, 2.05) is 0 Å². The molecule has 2 rings (SSSR count). The second-order valence-corrected chi connectivity index (χ2v) is 4.96. The number of nitrogens with zero attached hydrogens (tertiary/aromatic N) is 2. The molecule has 0 spiro atoms. The number of aromatic amines is 1. The van der Waals surface area contributed by atoms with Crippen LogP contribution in [0.1, 0.15) is 33.4 Å². The number of carboxylic acids is 1. The van der Waals surface area contributed by atoms with Gasteiger partial charge in [-0.3, -0.25) is 15.2 Å². The van der Waals surface area contributed by atoms with Crippen LogP contribution >= 0.6 is 11.6 Å². The fourth-order valence-electron chi connectivity index (χ4n) is 2.06. The molecule has 0 saturated heterocycles. The number of rotatable bonds is 4. The van der Waals surface area contributed by atoms with Gasteiger partial charge in [-0.05, 0) is 12.1 Å². The third-order valence-corrected chi connectivity index (χ3v) is 3.28. The van der Waals surface area contributed by atoms with Gasteiger partial charge in [0.1, 0.15) is 11.8 Å². The van der Waals surface area contributed by atoms with Crippen molar-refractivity contribution in [2.45, 2.75) is 12.3 Å². The number of alkyl halides is 3. The van der Waals surface area contributed by atoms with Gasteiger partial charge in [-0.25, -0.2) is 4.79 Å². The molecule has 0 aliphatic heterocycles. The Hall–Kier alpha value is -2.66. The number of aromatic carboxylic acids is 1. The van der Waals surface area contributed by atoms with Crippen LogP contribution in [0.2, 0.25) is 5.02 Å². The van der Waals surface area contributed by atoms with Gasteiger partial charge in [-0.1, -0.05) is 11.6 Å². The quantitative estimate of drug-likeness (QED) is 0.564. The molecule has 0 amide bonds. The topological polar surface area (TPSA) is 129 Å². The maximum Gasteiger partial charge on any atom is 0.435 e. The maximum atomic E-state index is 13.0. The number of nitrogens with one attached hydrogen (secondary N) is 1. The number of nitro benzene ring substituents is 1. The number of H-pyrrole nitrogens is 1. The molecule has 128 valence electrons. The van der Waals surface area contributed by atoms with Gasteiger partial charge in [0.15, 0.2) is 5.69 Å². The standard InChI is InChI=1S/C12H7ClF3N3O5/c13-4-1-2-5(6(3-4)19(23)24)9(20)7-8(11(21)22)17-18-10(7)12(14,15)16/h1-3,9,20H,(H,17,18)(H,21,22). The van der Waals surface area contributed by atoms with Crippen LogP contribution in [0.3, 0.4) is 0 Å². The summed E-state index contributed by atoms with van der Waals surface area (Å²) < 4.78 is 38.9. The van der Waals surface area contributed by atoms with Crippen molar-refractivity contribution < 1.29 is 33.1 Å². The van der Waals surface area contributed by atoms with E-state index in [9.17, 15) is 33.2 Å². The molecule has 0 aliphatic carbocycles. The van der Waals surface area contributed by atoms with Crippen LogP contribution in [0.4, 0.5) is 18.9 Å². The SMILES string of the molecule is O=C(O)c1[nH]nc(C(F)(F)F)c1C(O)c1ccc(Cl)cc1[N+](=O)[O-]. The zero-order valence-corrected chi connectivity index (χ0v) is 12.1. The van der Waals surface area contributed by atoms with E-state index in [1.165, 1.54) is 0 Å². The van der Waals surface area contributed by atoms with E-state index < -0.39 is 51.4 Å². The number of halogens is 4. The molecule has 1 unspecified atom stereocenters. The first-order valence-corrected chi connectivity index (χ1v) is 6.42. The summed E-state index contributed by atoms with van der Waals surface area (Å²) in [5.41, 5.74) is -5.16. The summed E-state index contributed by atoms with van der Waals surface area (Å²) in [4.78, 5) is 21.1. The van der Waals surface area contributed by atoms with E-state index in [1.54, 1.807) is 5.10 Å². The Labute approximate surface area is 135 Å². The van der Waals surface area contributed by atoms with Crippen molar-refractivity contribution in [2.75, 3.05) is 0 Å². The molecule has 3 N–H and O–H groups in total. The number of nitro groups is 1. The summed E-state index contributed by atoms with van der Waals surface area (Å²) in [7, 11) is 0. The number of carbonyl (C=O) groups is 1. The van der Waals surface area contributed by atoms with E-state index in [4.69, 9.17) is 16.7 Å². The Balaban J connectivity index is 2.71. The maximum absolute atomic E-state index is 13.0. The Morgan fingerprint density at radius 3 is 2.54 bits per heavy atom. The van der Waals surface area contributed by atoms with Gasteiger partial charge >= 0.3 is 12.1 Å². The minimum atomic E-state index is -5.08. The molecule has 0 radical (unpaired) electrons. The van der Waals surface area contributed by atoms with Crippen LogP contribution in [0.15, 0.2) is 18.2 Å². The van der Waals surface area contributed by atoms with Crippen LogP contribution in [-0.4, -0.2) is 31.3 Å². The van der Waals surface area contributed by atoms with Gasteiger partial charge in [0.2, 0.25) is 0 Å². The predicted molar refractivity (Wildman–Crippen MR) is 72.7 cm³/mol. The van der Waals surface area contributed by atoms with Crippen molar-refractivity contribution in [3.63, 3.8) is 0 Å². The number of aromatic nitrogens is 2. The number of hydrogen-bond donors (Lipinski definition) is 3. The van der Waals surface area contributed by atoms with Crippen LogP contribution in [-0.2, 0) is 6.18 Å². The molecule has 0 fully saturated rings. The van der Waals surface area contributed by atoms with E-state index in [0.29, 0.717) is 0 Å². The lowest BCUT2D eigenvalue weighted by Crippen LogP contribution is -2.15. The van der Waals surface area contributed by atoms with E-state index in [2.05, 4.69) is 5.10 Å². The van der Waals surface area contributed by atoms with E-state index >= 15 is 0 Å². The highest BCUT2D eigenvalue weighted by Crippen LogP contribution is 2.39. The average Bonchev–Trinajstić information content (AvgIpc) is 2.91. The predicted octanol–water partition coefficient (Wildman–Crippen LogP) is 2.77. The van der Waals surface area contributed by atoms with Gasteiger partial charge in [0.25, 0.3) is 5.69 Å². The lowest BCUT2D eigenvalue weighted by atomic mass is 9.97. The molecule has 1 aromatic carbocycles. The zero-order valence-electron chi connectivity index (χ0n) is 11.3. The number of benzene rings is 1. The Bertz CT molecular complexity index is 821. The van der Waals surface area contributed by atoms with Crippen molar-refractivity contribution in [2.24, 2.45) is 0 Å². The Kier molecular flexibility index (Phi) is 4.49. The zero-order chi connectivity index (χ0) is 18.2. The highest BCUT2D eigenvalue weighted by atomic mass is 35.5. The third kappa shape index (κ3) is 3.16. The fraction of sp³-hybridized carbons (Fsp3) is 0.167. The van der Waals surface area contributed by atoms with Crippen LogP contribution in [0.25, 0.3) is 0 Å². The van der Waals surface area contributed by atoms with Gasteiger partial charge in [0, 0.05) is 11.1 Å². The first-order valence-electron chi connectivity index (χ1n) is 6.04. The highest BCUT2D eigenvalue weighted by Gasteiger charge is 2.42. The molecule has 0 aliphatic rings. The minimum absolute atomic E-state index is 0.0839. The monoisotopic (exact) mass is 365 g/mol. The number of aliphatic hydroxyl groups excluding tert-OH is 1. The average molecular weight is 366 g/mol. The summed E-state index contributed by atoms with van der Waals surface area (Å²) in [6.07, 6.45) is -7.34. The van der Waals surface area contributed by atoms with Gasteiger partial charge in [-0.15, -0.1) is 0 Å². The van der Waals surface area contributed by atoms with E-state index in [-0.39, 0.29) is 5.02 Å². The van der Waals surface area contributed by atoms with Crippen molar-refractivity contribution in [3.05, 3.63) is 55.9 Å². The smallest absolute Gasteiger partial charge is 0.435 e. The highest BCUT2D eigenvalue weighted by molar-refractivity contribution is 6.30. The Morgan fingerprint density at radius 1 is 1.42 bits per heavy atom. The van der Waals surface area contributed by atoms with Crippen LogP contribution in [0, 0.1) is 10.1 Å². The summed E-state index contributed by atoms with van der Waals surface area (Å²) in [6, 6.07) is 2.87. The Morgan fingerprint density at radius 2 is 2.04 bits per heavy atom. The molecule has 1 heterocycles. The fourth-order valence-corrected chi connectivity index (χ4v) is 2.22. The van der Waals surface area contributed by atoms with Crippen molar-refractivity contribution in [1.29, 1.82) is 0 Å². The number of aliphatic hydroxyl groups is 1. The summed E-state index contributed by atoms with van der Waals surface area (Å²) in [5.74, 6) is -1.82. The minimum Gasteiger partial charge on any atom is -0.477 e. The molecule has 2 aromatic rings. The van der Waals surface area contributed by atoms with Gasteiger partial charge < -0.3 is 10.2 Å². The first-order chi connectivity index (χ1) is 11.0. The van der Waals surface area contributed by atoms with Crippen LogP contribution < -0.4 is 0 Å². The van der Waals surface area contributed by atoms with Gasteiger partial charge in [0.05, 0.1) is 16.1 Å². The number of hydrogen-bond acceptors (Lipinski definition) is 5. The summed E-state index contributed by atoms with van der Waals surface area (Å²) in [5, 5.41) is 34.6.